The van der Waals surface area contributed by atoms with E-state index in [1.807, 2.05) is 0 Å². The summed E-state index contributed by atoms with van der Waals surface area (Å²) in [5.41, 5.74) is 0.982. The van der Waals surface area contributed by atoms with Gasteiger partial charge in [0.15, 0.2) is 0 Å². The minimum absolute atomic E-state index is 0.144. The molecule has 0 bridgehead atoms. The molecule has 2 atom stereocenters. The minimum atomic E-state index is -0.183. The van der Waals surface area contributed by atoms with E-state index in [1.165, 1.54) is 6.07 Å². The lowest BCUT2D eigenvalue weighted by Gasteiger charge is -2.15. The average molecular weight is 223 g/mol. The predicted molar refractivity (Wildman–Crippen MR) is 62.3 cm³/mol. The highest BCUT2D eigenvalue weighted by Gasteiger charge is 2.23. The lowest BCUT2D eigenvalue weighted by molar-refractivity contribution is 0.222. The van der Waals surface area contributed by atoms with Gasteiger partial charge in [0.1, 0.15) is 17.7 Å². The van der Waals surface area contributed by atoms with Gasteiger partial charge in [0, 0.05) is 24.6 Å². The molecule has 0 aromatic heterocycles. The Bertz CT molecular complexity index is 367. The van der Waals surface area contributed by atoms with E-state index in [2.05, 4.69) is 19.2 Å². The summed E-state index contributed by atoms with van der Waals surface area (Å²) in [6.07, 6.45) is 2.05. The zero-order chi connectivity index (χ0) is 11.5. The van der Waals surface area contributed by atoms with E-state index >= 15 is 0 Å². The molecular formula is C13H18FNO. The largest absolute Gasteiger partial charge is 0.488 e. The molecule has 2 unspecified atom stereocenters. The third-order valence-electron chi connectivity index (χ3n) is 3.07. The zero-order valence-corrected chi connectivity index (χ0v) is 9.79. The van der Waals surface area contributed by atoms with Crippen LogP contribution in [-0.4, -0.2) is 18.7 Å². The van der Waals surface area contributed by atoms with Crippen molar-refractivity contribution in [1.29, 1.82) is 0 Å². The Morgan fingerprint density at radius 3 is 3.12 bits per heavy atom. The van der Waals surface area contributed by atoms with Gasteiger partial charge in [0.25, 0.3) is 0 Å². The molecule has 0 saturated carbocycles. The van der Waals surface area contributed by atoms with Gasteiger partial charge in [-0.2, -0.15) is 0 Å². The first-order valence-electron chi connectivity index (χ1n) is 5.87. The molecule has 1 N–H and O–H groups in total. The van der Waals surface area contributed by atoms with Crippen LogP contribution in [0.3, 0.4) is 0 Å². The molecule has 2 nitrogen and oxygen atoms in total. The zero-order valence-electron chi connectivity index (χ0n) is 9.79. The monoisotopic (exact) mass is 223 g/mol. The van der Waals surface area contributed by atoms with Crippen molar-refractivity contribution >= 4 is 0 Å². The Labute approximate surface area is 95.8 Å². The maximum atomic E-state index is 13.0. The van der Waals surface area contributed by atoms with E-state index in [0.717, 1.165) is 30.7 Å². The van der Waals surface area contributed by atoms with Crippen molar-refractivity contribution in [1.82, 2.24) is 5.32 Å². The molecule has 3 heteroatoms. The quantitative estimate of drug-likeness (QED) is 0.847. The van der Waals surface area contributed by atoms with Gasteiger partial charge in [0.05, 0.1) is 0 Å². The van der Waals surface area contributed by atoms with Gasteiger partial charge in [0.2, 0.25) is 0 Å². The molecule has 1 aliphatic heterocycles. The second kappa shape index (κ2) is 4.83. The highest BCUT2D eigenvalue weighted by atomic mass is 19.1. The van der Waals surface area contributed by atoms with Gasteiger partial charge in [-0.3, -0.25) is 0 Å². The summed E-state index contributed by atoms with van der Waals surface area (Å²) in [4.78, 5) is 0. The van der Waals surface area contributed by atoms with E-state index in [4.69, 9.17) is 4.74 Å². The molecule has 2 rings (SSSR count). The van der Waals surface area contributed by atoms with E-state index in [9.17, 15) is 4.39 Å². The van der Waals surface area contributed by atoms with Crippen LogP contribution in [0.15, 0.2) is 18.2 Å². The van der Waals surface area contributed by atoms with Gasteiger partial charge in [-0.1, -0.05) is 6.92 Å². The maximum absolute atomic E-state index is 13.0. The summed E-state index contributed by atoms with van der Waals surface area (Å²) >= 11 is 0. The SMILES string of the molecule is CCC(C)NCC1Cc2cc(F)ccc2O1. The summed E-state index contributed by atoms with van der Waals surface area (Å²) in [7, 11) is 0. The first-order chi connectivity index (χ1) is 7.69. The summed E-state index contributed by atoms with van der Waals surface area (Å²) in [5, 5.41) is 3.40. The Morgan fingerprint density at radius 1 is 1.56 bits per heavy atom. The highest BCUT2D eigenvalue weighted by Crippen LogP contribution is 2.28. The van der Waals surface area contributed by atoms with E-state index in [0.29, 0.717) is 6.04 Å². The van der Waals surface area contributed by atoms with Gasteiger partial charge < -0.3 is 10.1 Å². The Hall–Kier alpha value is -1.09. The molecule has 0 amide bonds. The standard InChI is InChI=1S/C13H18FNO/c1-3-9(2)15-8-12-7-10-6-11(14)4-5-13(10)16-12/h4-6,9,12,15H,3,7-8H2,1-2H3. The number of rotatable bonds is 4. The second-order valence-electron chi connectivity index (χ2n) is 4.41. The van der Waals surface area contributed by atoms with Crippen LogP contribution in [0, 0.1) is 5.82 Å². The van der Waals surface area contributed by atoms with Crippen molar-refractivity contribution in [2.24, 2.45) is 0 Å². The number of fused-ring (bicyclic) bond motifs is 1. The number of benzene rings is 1. The molecule has 0 fully saturated rings. The highest BCUT2D eigenvalue weighted by molar-refractivity contribution is 5.37. The number of ether oxygens (including phenoxy) is 1. The van der Waals surface area contributed by atoms with Gasteiger partial charge in [-0.25, -0.2) is 4.39 Å². The molecule has 0 aliphatic carbocycles. The van der Waals surface area contributed by atoms with Crippen LogP contribution in [0.2, 0.25) is 0 Å². The van der Waals surface area contributed by atoms with E-state index < -0.39 is 0 Å². The fraction of sp³-hybridized carbons (Fsp3) is 0.538. The summed E-state index contributed by atoms with van der Waals surface area (Å²) in [5.74, 6) is 0.648. The number of hydrogen-bond donors (Lipinski definition) is 1. The average Bonchev–Trinajstić information content (AvgIpc) is 2.67. The maximum Gasteiger partial charge on any atom is 0.123 e. The van der Waals surface area contributed by atoms with Crippen molar-refractivity contribution in [3.05, 3.63) is 29.6 Å². The van der Waals surface area contributed by atoms with E-state index in [-0.39, 0.29) is 11.9 Å². The molecular weight excluding hydrogens is 205 g/mol. The third kappa shape index (κ3) is 2.53. The third-order valence-corrected chi connectivity index (χ3v) is 3.07. The Kier molecular flexibility index (Phi) is 3.44. The summed E-state index contributed by atoms with van der Waals surface area (Å²) in [6, 6.07) is 5.24. The normalized spacial score (nSPS) is 20.3. The molecule has 88 valence electrons. The van der Waals surface area contributed by atoms with Crippen molar-refractivity contribution in [3.8, 4) is 5.75 Å². The van der Waals surface area contributed by atoms with Crippen LogP contribution >= 0.6 is 0 Å². The lowest BCUT2D eigenvalue weighted by Crippen LogP contribution is -2.35. The van der Waals surface area contributed by atoms with E-state index in [1.54, 1.807) is 12.1 Å². The molecule has 16 heavy (non-hydrogen) atoms. The van der Waals surface area contributed by atoms with Crippen LogP contribution < -0.4 is 10.1 Å². The van der Waals surface area contributed by atoms with Crippen LogP contribution in [0.25, 0.3) is 0 Å². The van der Waals surface area contributed by atoms with Crippen molar-refractivity contribution < 1.29 is 9.13 Å². The molecule has 1 aromatic rings. The Balaban J connectivity index is 1.90. The van der Waals surface area contributed by atoms with Gasteiger partial charge in [-0.05, 0) is 31.5 Å². The van der Waals surface area contributed by atoms with Crippen LogP contribution in [0.1, 0.15) is 25.8 Å². The molecule has 0 radical (unpaired) electrons. The van der Waals surface area contributed by atoms with Gasteiger partial charge >= 0.3 is 0 Å². The predicted octanol–water partition coefficient (Wildman–Crippen LogP) is 2.52. The smallest absolute Gasteiger partial charge is 0.123 e. The number of halogens is 1. The van der Waals surface area contributed by atoms with Gasteiger partial charge in [-0.15, -0.1) is 0 Å². The molecule has 0 saturated heterocycles. The fourth-order valence-corrected chi connectivity index (χ4v) is 1.88. The van der Waals surface area contributed by atoms with Crippen molar-refractivity contribution in [2.75, 3.05) is 6.54 Å². The number of nitrogens with one attached hydrogen (secondary N) is 1. The summed E-state index contributed by atoms with van der Waals surface area (Å²) < 4.78 is 18.7. The van der Waals surface area contributed by atoms with Crippen LogP contribution in [-0.2, 0) is 6.42 Å². The minimum Gasteiger partial charge on any atom is -0.488 e. The van der Waals surface area contributed by atoms with Crippen LogP contribution in [0.4, 0.5) is 4.39 Å². The van der Waals surface area contributed by atoms with Crippen molar-refractivity contribution in [2.45, 2.75) is 38.8 Å². The molecule has 1 aromatic carbocycles. The molecule has 1 heterocycles. The first kappa shape index (κ1) is 11.4. The lowest BCUT2D eigenvalue weighted by atomic mass is 10.1. The second-order valence-corrected chi connectivity index (χ2v) is 4.41. The summed E-state index contributed by atoms with van der Waals surface area (Å²) in [6.45, 7) is 5.13. The van der Waals surface area contributed by atoms with Crippen molar-refractivity contribution in [3.63, 3.8) is 0 Å². The fourth-order valence-electron chi connectivity index (χ4n) is 1.88. The molecule has 0 spiro atoms. The van der Waals surface area contributed by atoms with Crippen LogP contribution in [0.5, 0.6) is 5.75 Å². The number of hydrogen-bond acceptors (Lipinski definition) is 2. The first-order valence-corrected chi connectivity index (χ1v) is 5.87. The molecule has 1 aliphatic rings. The Morgan fingerprint density at radius 2 is 2.38 bits per heavy atom. The topological polar surface area (TPSA) is 21.3 Å².